The Morgan fingerprint density at radius 1 is 1.00 bits per heavy atom. The zero-order valence-corrected chi connectivity index (χ0v) is 17.1. The molecule has 1 aliphatic rings. The summed E-state index contributed by atoms with van der Waals surface area (Å²) in [4.78, 5) is 0. The number of benzene rings is 2. The maximum absolute atomic E-state index is 14.8. The van der Waals surface area contributed by atoms with Gasteiger partial charge in [0.1, 0.15) is 5.82 Å². The molecule has 1 heterocycles. The lowest BCUT2D eigenvalue weighted by Crippen LogP contribution is -2.27. The fraction of sp³-hybridized carbons (Fsp3) is 0.500. The first-order chi connectivity index (χ1) is 14.0. The summed E-state index contributed by atoms with van der Waals surface area (Å²) >= 11 is 0. The molecule has 1 fully saturated rings. The molecule has 0 saturated carbocycles. The Hall–Kier alpha value is -1.85. The molecule has 0 aliphatic carbocycles. The van der Waals surface area contributed by atoms with Crippen molar-refractivity contribution in [3.05, 3.63) is 58.9 Å². The van der Waals surface area contributed by atoms with E-state index in [0.29, 0.717) is 36.3 Å². The lowest BCUT2D eigenvalue weighted by Gasteiger charge is -2.29. The second-order valence-corrected chi connectivity index (χ2v) is 7.61. The quantitative estimate of drug-likeness (QED) is 0.451. The molecule has 0 N–H and O–H groups in total. The molecule has 158 valence electrons. The first-order valence-electron chi connectivity index (χ1n) is 10.5. The van der Waals surface area contributed by atoms with Gasteiger partial charge in [-0.3, -0.25) is 0 Å². The summed E-state index contributed by atoms with van der Waals surface area (Å²) in [6.07, 6.45) is 4.97. The Morgan fingerprint density at radius 3 is 2.48 bits per heavy atom. The summed E-state index contributed by atoms with van der Waals surface area (Å²) in [5.41, 5.74) is 1.27. The monoisotopic (exact) mass is 406 g/mol. The van der Waals surface area contributed by atoms with Gasteiger partial charge in [0.2, 0.25) is 0 Å². The van der Waals surface area contributed by atoms with Crippen molar-refractivity contribution in [2.45, 2.75) is 64.6 Å². The van der Waals surface area contributed by atoms with Crippen LogP contribution in [0.25, 0.3) is 11.1 Å². The van der Waals surface area contributed by atoms with Gasteiger partial charge in [-0.05, 0) is 48.4 Å². The first kappa shape index (κ1) is 21.8. The lowest BCUT2D eigenvalue weighted by molar-refractivity contribution is -0.167. The number of aryl methyl sites for hydroxylation is 1. The van der Waals surface area contributed by atoms with Crippen molar-refractivity contribution in [2.24, 2.45) is 0 Å². The minimum Gasteiger partial charge on any atom is -0.353 e. The number of hydrogen-bond donors (Lipinski definition) is 0. The van der Waals surface area contributed by atoms with Crippen molar-refractivity contribution in [3.63, 3.8) is 0 Å². The smallest absolute Gasteiger partial charge is 0.166 e. The Labute approximate surface area is 171 Å². The summed E-state index contributed by atoms with van der Waals surface area (Å²) in [7, 11) is 0. The molecule has 2 unspecified atom stereocenters. The highest BCUT2D eigenvalue weighted by atomic mass is 19.2. The summed E-state index contributed by atoms with van der Waals surface area (Å²) in [5, 5.41) is 0. The van der Waals surface area contributed by atoms with Crippen LogP contribution < -0.4 is 0 Å². The number of unbranched alkanes of at least 4 members (excludes halogenated alkanes) is 2. The predicted octanol–water partition coefficient (Wildman–Crippen LogP) is 6.76. The van der Waals surface area contributed by atoms with E-state index in [0.717, 1.165) is 32.1 Å². The molecule has 29 heavy (non-hydrogen) atoms. The van der Waals surface area contributed by atoms with Gasteiger partial charge in [-0.2, -0.15) is 0 Å². The third kappa shape index (κ3) is 5.20. The molecule has 0 aromatic heterocycles. The van der Waals surface area contributed by atoms with Crippen LogP contribution in [-0.2, 0) is 15.9 Å². The molecule has 0 bridgehead atoms. The standard InChI is InChI=1S/C24H29F3O2/c1-3-5-6-13-28-22-12-9-18(15-29-22)19-10-8-17(14-21(19)25)20-11-7-16(4-2)23(26)24(20)27/h7-8,10-11,14,18,22H,3-6,9,12-13,15H2,1-2H3. The van der Waals surface area contributed by atoms with Crippen molar-refractivity contribution in [2.75, 3.05) is 13.2 Å². The van der Waals surface area contributed by atoms with E-state index in [-0.39, 0.29) is 17.8 Å². The highest BCUT2D eigenvalue weighted by Crippen LogP contribution is 2.33. The summed E-state index contributed by atoms with van der Waals surface area (Å²) in [6.45, 7) is 4.99. The topological polar surface area (TPSA) is 18.5 Å². The van der Waals surface area contributed by atoms with Gasteiger partial charge < -0.3 is 9.47 Å². The van der Waals surface area contributed by atoms with Crippen LogP contribution in [-0.4, -0.2) is 19.5 Å². The minimum atomic E-state index is -0.930. The third-order valence-electron chi connectivity index (χ3n) is 5.58. The van der Waals surface area contributed by atoms with Crippen LogP contribution in [0.2, 0.25) is 0 Å². The zero-order chi connectivity index (χ0) is 20.8. The highest BCUT2D eigenvalue weighted by Gasteiger charge is 2.26. The molecular weight excluding hydrogens is 377 g/mol. The molecule has 2 aromatic carbocycles. The average molecular weight is 406 g/mol. The summed E-state index contributed by atoms with van der Waals surface area (Å²) in [6, 6.07) is 7.65. The second kappa shape index (κ2) is 10.3. The molecule has 2 nitrogen and oxygen atoms in total. The van der Waals surface area contributed by atoms with Crippen LogP contribution in [0.4, 0.5) is 13.2 Å². The molecule has 0 amide bonds. The van der Waals surface area contributed by atoms with Crippen molar-refractivity contribution < 1.29 is 22.6 Å². The van der Waals surface area contributed by atoms with E-state index in [4.69, 9.17) is 9.47 Å². The maximum Gasteiger partial charge on any atom is 0.166 e. The molecule has 1 saturated heterocycles. The van der Waals surface area contributed by atoms with Gasteiger partial charge in [-0.15, -0.1) is 0 Å². The van der Waals surface area contributed by atoms with Gasteiger partial charge in [-0.25, -0.2) is 13.2 Å². The number of ether oxygens (including phenoxy) is 2. The number of rotatable bonds is 8. The van der Waals surface area contributed by atoms with E-state index in [9.17, 15) is 13.2 Å². The number of hydrogen-bond acceptors (Lipinski definition) is 2. The Bertz CT molecular complexity index is 814. The van der Waals surface area contributed by atoms with E-state index >= 15 is 0 Å². The van der Waals surface area contributed by atoms with Gasteiger partial charge in [0.05, 0.1) is 6.61 Å². The predicted molar refractivity (Wildman–Crippen MR) is 108 cm³/mol. The fourth-order valence-corrected chi connectivity index (χ4v) is 3.78. The molecule has 3 rings (SSSR count). The van der Waals surface area contributed by atoms with Gasteiger partial charge in [0.25, 0.3) is 0 Å². The fourth-order valence-electron chi connectivity index (χ4n) is 3.78. The largest absolute Gasteiger partial charge is 0.353 e. The molecule has 1 aliphatic heterocycles. The van der Waals surface area contributed by atoms with Crippen molar-refractivity contribution in [1.29, 1.82) is 0 Å². The summed E-state index contributed by atoms with van der Waals surface area (Å²) in [5.74, 6) is -2.28. The van der Waals surface area contributed by atoms with Crippen LogP contribution in [0.3, 0.4) is 0 Å². The molecule has 5 heteroatoms. The zero-order valence-electron chi connectivity index (χ0n) is 17.1. The normalized spacial score (nSPS) is 19.5. The van der Waals surface area contributed by atoms with Crippen molar-refractivity contribution in [1.82, 2.24) is 0 Å². The summed E-state index contributed by atoms with van der Waals surface area (Å²) < 4.78 is 54.7. The van der Waals surface area contributed by atoms with Gasteiger partial charge in [-0.1, -0.05) is 51.0 Å². The van der Waals surface area contributed by atoms with Gasteiger partial charge in [0.15, 0.2) is 17.9 Å². The molecule has 0 radical (unpaired) electrons. The second-order valence-electron chi connectivity index (χ2n) is 7.61. The van der Waals surface area contributed by atoms with E-state index in [1.54, 1.807) is 25.1 Å². The maximum atomic E-state index is 14.8. The first-order valence-corrected chi connectivity index (χ1v) is 10.5. The van der Waals surface area contributed by atoms with Crippen molar-refractivity contribution >= 4 is 0 Å². The van der Waals surface area contributed by atoms with Crippen LogP contribution >= 0.6 is 0 Å². The molecule has 2 atom stereocenters. The Kier molecular flexibility index (Phi) is 7.73. The van der Waals surface area contributed by atoms with E-state index in [1.807, 2.05) is 0 Å². The van der Waals surface area contributed by atoms with Gasteiger partial charge >= 0.3 is 0 Å². The lowest BCUT2D eigenvalue weighted by atomic mass is 9.91. The third-order valence-corrected chi connectivity index (χ3v) is 5.58. The number of halogens is 3. The van der Waals surface area contributed by atoms with Crippen LogP contribution in [0, 0.1) is 17.5 Å². The Morgan fingerprint density at radius 2 is 1.83 bits per heavy atom. The molecule has 2 aromatic rings. The van der Waals surface area contributed by atoms with Crippen LogP contribution in [0.5, 0.6) is 0 Å². The van der Waals surface area contributed by atoms with E-state index in [1.165, 1.54) is 12.1 Å². The van der Waals surface area contributed by atoms with Crippen molar-refractivity contribution in [3.8, 4) is 11.1 Å². The molecule has 0 spiro atoms. The van der Waals surface area contributed by atoms with Gasteiger partial charge in [0, 0.05) is 18.1 Å². The van der Waals surface area contributed by atoms with E-state index in [2.05, 4.69) is 6.92 Å². The minimum absolute atomic E-state index is 0.0661. The Balaban J connectivity index is 1.66. The SMILES string of the molecule is CCCCCOC1CCC(c2ccc(-c3ccc(CC)c(F)c3F)cc2F)CO1. The highest BCUT2D eigenvalue weighted by molar-refractivity contribution is 5.65. The van der Waals surface area contributed by atoms with Crippen LogP contribution in [0.15, 0.2) is 30.3 Å². The average Bonchev–Trinajstić information content (AvgIpc) is 2.74. The van der Waals surface area contributed by atoms with Crippen LogP contribution in [0.1, 0.15) is 63.0 Å². The molecular formula is C24H29F3O2. The van der Waals surface area contributed by atoms with E-state index < -0.39 is 17.5 Å².